The third-order valence-electron chi connectivity index (χ3n) is 3.99. The Morgan fingerprint density at radius 3 is 2.65 bits per heavy atom. The third kappa shape index (κ3) is 3.04. The lowest BCUT2D eigenvalue weighted by atomic mass is 10.3. The number of benzene rings is 1. The zero-order valence-corrected chi connectivity index (χ0v) is 11.8. The average Bonchev–Trinajstić information content (AvgIpc) is 3.32. The summed E-state index contributed by atoms with van der Waals surface area (Å²) >= 11 is 0. The molecule has 5 heteroatoms. The maximum Gasteiger partial charge on any atom is 0.321 e. The van der Waals surface area contributed by atoms with E-state index in [9.17, 15) is 4.79 Å². The SMILES string of the molecule is COc1cccc(NC(=O)N2CCN(C3CC3)CC2)c1. The smallest absolute Gasteiger partial charge is 0.321 e. The molecule has 0 atom stereocenters. The second-order valence-corrected chi connectivity index (χ2v) is 5.42. The maximum atomic E-state index is 12.2. The number of urea groups is 1. The molecule has 0 spiro atoms. The van der Waals surface area contributed by atoms with Gasteiger partial charge in [-0.05, 0) is 25.0 Å². The van der Waals surface area contributed by atoms with Crippen LogP contribution in [0.4, 0.5) is 10.5 Å². The van der Waals surface area contributed by atoms with Gasteiger partial charge >= 0.3 is 6.03 Å². The Labute approximate surface area is 119 Å². The van der Waals surface area contributed by atoms with Crippen LogP contribution in [0.1, 0.15) is 12.8 Å². The molecule has 3 rings (SSSR count). The Balaban J connectivity index is 1.53. The number of hydrogen-bond acceptors (Lipinski definition) is 3. The molecule has 0 aromatic heterocycles. The van der Waals surface area contributed by atoms with E-state index >= 15 is 0 Å². The van der Waals surface area contributed by atoms with Crippen molar-refractivity contribution in [2.45, 2.75) is 18.9 Å². The zero-order valence-electron chi connectivity index (χ0n) is 11.8. The normalized spacial score (nSPS) is 19.8. The van der Waals surface area contributed by atoms with Gasteiger partial charge in [0.15, 0.2) is 0 Å². The Morgan fingerprint density at radius 1 is 1.25 bits per heavy atom. The predicted octanol–water partition coefficient (Wildman–Crippen LogP) is 2.01. The molecule has 5 nitrogen and oxygen atoms in total. The number of carbonyl (C=O) groups excluding carboxylic acids is 1. The molecular weight excluding hydrogens is 254 g/mol. The molecule has 1 aromatic carbocycles. The van der Waals surface area contributed by atoms with E-state index in [0.717, 1.165) is 43.7 Å². The van der Waals surface area contributed by atoms with Crippen molar-refractivity contribution in [2.24, 2.45) is 0 Å². The summed E-state index contributed by atoms with van der Waals surface area (Å²) in [5.74, 6) is 0.751. The molecule has 1 heterocycles. The van der Waals surface area contributed by atoms with E-state index in [2.05, 4.69) is 10.2 Å². The largest absolute Gasteiger partial charge is 0.497 e. The van der Waals surface area contributed by atoms with E-state index in [1.54, 1.807) is 7.11 Å². The molecule has 1 aliphatic heterocycles. The minimum Gasteiger partial charge on any atom is -0.497 e. The van der Waals surface area contributed by atoms with Gasteiger partial charge in [-0.1, -0.05) is 6.07 Å². The number of amides is 2. The first-order valence-electron chi connectivity index (χ1n) is 7.20. The summed E-state index contributed by atoms with van der Waals surface area (Å²) in [7, 11) is 1.62. The fourth-order valence-corrected chi connectivity index (χ4v) is 2.63. The average molecular weight is 275 g/mol. The fourth-order valence-electron chi connectivity index (χ4n) is 2.63. The second-order valence-electron chi connectivity index (χ2n) is 5.42. The highest BCUT2D eigenvalue weighted by atomic mass is 16.5. The van der Waals surface area contributed by atoms with E-state index in [1.807, 2.05) is 29.2 Å². The molecule has 2 fully saturated rings. The first kappa shape index (κ1) is 13.2. The van der Waals surface area contributed by atoms with Gasteiger partial charge in [-0.2, -0.15) is 0 Å². The van der Waals surface area contributed by atoms with Gasteiger partial charge in [0.1, 0.15) is 5.75 Å². The van der Waals surface area contributed by atoms with Crippen molar-refractivity contribution < 1.29 is 9.53 Å². The van der Waals surface area contributed by atoms with Crippen LogP contribution in [0.3, 0.4) is 0 Å². The third-order valence-corrected chi connectivity index (χ3v) is 3.99. The molecular formula is C15H21N3O2. The molecule has 1 saturated carbocycles. The lowest BCUT2D eigenvalue weighted by Gasteiger charge is -2.34. The second kappa shape index (κ2) is 5.71. The van der Waals surface area contributed by atoms with Crippen LogP contribution in [0.15, 0.2) is 24.3 Å². The number of nitrogens with one attached hydrogen (secondary N) is 1. The van der Waals surface area contributed by atoms with Crippen molar-refractivity contribution in [1.29, 1.82) is 0 Å². The van der Waals surface area contributed by atoms with Gasteiger partial charge in [0.25, 0.3) is 0 Å². The Bertz CT molecular complexity index is 480. The number of rotatable bonds is 3. The highest BCUT2D eigenvalue weighted by Gasteiger charge is 2.32. The lowest BCUT2D eigenvalue weighted by Crippen LogP contribution is -2.50. The Kier molecular flexibility index (Phi) is 3.78. The van der Waals surface area contributed by atoms with Crippen LogP contribution in [0, 0.1) is 0 Å². The number of nitrogens with zero attached hydrogens (tertiary/aromatic N) is 2. The van der Waals surface area contributed by atoms with Gasteiger partial charge < -0.3 is 15.0 Å². The van der Waals surface area contributed by atoms with Gasteiger partial charge in [-0.3, -0.25) is 4.90 Å². The molecule has 108 valence electrons. The molecule has 0 bridgehead atoms. The maximum absolute atomic E-state index is 12.2. The number of ether oxygens (including phenoxy) is 1. The molecule has 0 radical (unpaired) electrons. The monoisotopic (exact) mass is 275 g/mol. The van der Waals surface area contributed by atoms with E-state index in [-0.39, 0.29) is 6.03 Å². The van der Waals surface area contributed by atoms with Gasteiger partial charge in [0.05, 0.1) is 7.11 Å². The number of anilines is 1. The summed E-state index contributed by atoms with van der Waals surface area (Å²) in [4.78, 5) is 16.6. The number of piperazine rings is 1. The lowest BCUT2D eigenvalue weighted by molar-refractivity contribution is 0.142. The highest BCUT2D eigenvalue weighted by Crippen LogP contribution is 2.27. The van der Waals surface area contributed by atoms with E-state index in [4.69, 9.17) is 4.74 Å². The molecule has 20 heavy (non-hydrogen) atoms. The summed E-state index contributed by atoms with van der Waals surface area (Å²) in [5, 5.41) is 2.93. The molecule has 1 aromatic rings. The zero-order chi connectivity index (χ0) is 13.9. The van der Waals surface area contributed by atoms with Gasteiger partial charge in [0.2, 0.25) is 0 Å². The number of hydrogen-bond donors (Lipinski definition) is 1. The van der Waals surface area contributed by atoms with Crippen LogP contribution in [0.2, 0.25) is 0 Å². The van der Waals surface area contributed by atoms with Crippen LogP contribution in [-0.2, 0) is 0 Å². The Hall–Kier alpha value is -1.75. The van der Waals surface area contributed by atoms with Gasteiger partial charge in [0, 0.05) is 44.0 Å². The molecule has 1 N–H and O–H groups in total. The van der Waals surface area contributed by atoms with Crippen molar-refractivity contribution in [3.63, 3.8) is 0 Å². The summed E-state index contributed by atoms with van der Waals surface area (Å²) in [6.07, 6.45) is 2.66. The van der Waals surface area contributed by atoms with Gasteiger partial charge in [-0.15, -0.1) is 0 Å². The number of carbonyl (C=O) groups is 1. The van der Waals surface area contributed by atoms with Crippen LogP contribution in [0.5, 0.6) is 5.75 Å². The summed E-state index contributed by atoms with van der Waals surface area (Å²) in [6.45, 7) is 3.62. The van der Waals surface area contributed by atoms with Crippen molar-refractivity contribution >= 4 is 11.7 Å². The molecule has 2 amide bonds. The van der Waals surface area contributed by atoms with Crippen molar-refractivity contribution in [3.8, 4) is 5.75 Å². The van der Waals surface area contributed by atoms with E-state index in [0.29, 0.717) is 0 Å². The van der Waals surface area contributed by atoms with Gasteiger partial charge in [-0.25, -0.2) is 4.79 Å². The van der Waals surface area contributed by atoms with E-state index in [1.165, 1.54) is 12.8 Å². The summed E-state index contributed by atoms with van der Waals surface area (Å²) in [5.41, 5.74) is 0.777. The Morgan fingerprint density at radius 2 is 2.00 bits per heavy atom. The van der Waals surface area contributed by atoms with Crippen molar-refractivity contribution in [1.82, 2.24) is 9.80 Å². The van der Waals surface area contributed by atoms with E-state index < -0.39 is 0 Å². The first-order valence-corrected chi connectivity index (χ1v) is 7.20. The summed E-state index contributed by atoms with van der Waals surface area (Å²) < 4.78 is 5.16. The minimum absolute atomic E-state index is 0.0197. The minimum atomic E-state index is -0.0197. The molecule has 0 unspecified atom stereocenters. The molecule has 2 aliphatic rings. The summed E-state index contributed by atoms with van der Waals surface area (Å²) in [6, 6.07) is 8.22. The van der Waals surface area contributed by atoms with Crippen LogP contribution < -0.4 is 10.1 Å². The highest BCUT2D eigenvalue weighted by molar-refractivity contribution is 5.89. The standard InChI is InChI=1S/C15H21N3O2/c1-20-14-4-2-3-12(11-14)16-15(19)18-9-7-17(8-10-18)13-5-6-13/h2-4,11,13H,5-10H2,1H3,(H,16,19). The molecule has 1 saturated heterocycles. The van der Waals surface area contributed by atoms with Crippen LogP contribution >= 0.6 is 0 Å². The van der Waals surface area contributed by atoms with Crippen LogP contribution in [0.25, 0.3) is 0 Å². The molecule has 1 aliphatic carbocycles. The van der Waals surface area contributed by atoms with Crippen molar-refractivity contribution in [3.05, 3.63) is 24.3 Å². The topological polar surface area (TPSA) is 44.8 Å². The quantitative estimate of drug-likeness (QED) is 0.917. The predicted molar refractivity (Wildman–Crippen MR) is 78.2 cm³/mol. The first-order chi connectivity index (χ1) is 9.76. The fraction of sp³-hybridized carbons (Fsp3) is 0.533. The van der Waals surface area contributed by atoms with Crippen LogP contribution in [-0.4, -0.2) is 55.2 Å². The van der Waals surface area contributed by atoms with Crippen molar-refractivity contribution in [2.75, 3.05) is 38.6 Å². The number of methoxy groups -OCH3 is 1.